The van der Waals surface area contributed by atoms with Crippen molar-refractivity contribution in [3.63, 3.8) is 0 Å². The minimum absolute atomic E-state index is 0.0891. The smallest absolute Gasteiger partial charge is 0.258 e. The summed E-state index contributed by atoms with van der Waals surface area (Å²) in [7, 11) is 0. The van der Waals surface area contributed by atoms with Crippen molar-refractivity contribution in [1.29, 1.82) is 5.26 Å². The van der Waals surface area contributed by atoms with Gasteiger partial charge in [0.1, 0.15) is 6.17 Å². The lowest BCUT2D eigenvalue weighted by Crippen LogP contribution is -2.44. The summed E-state index contributed by atoms with van der Waals surface area (Å²) < 4.78 is 0. The molecule has 0 saturated heterocycles. The predicted molar refractivity (Wildman–Crippen MR) is 83.2 cm³/mol. The summed E-state index contributed by atoms with van der Waals surface area (Å²) in [4.78, 5) is 14.8. The Kier molecular flexibility index (Phi) is 2.87. The van der Waals surface area contributed by atoms with Crippen molar-refractivity contribution in [1.82, 2.24) is 4.90 Å². The van der Waals surface area contributed by atoms with E-state index in [2.05, 4.69) is 11.4 Å². The number of amides is 1. The molecule has 2 aromatic rings. The number of rotatable bonds is 2. The fourth-order valence-electron chi connectivity index (χ4n) is 2.98. The van der Waals surface area contributed by atoms with Crippen LogP contribution in [0.15, 0.2) is 48.5 Å². The number of hydrogen-bond donors (Lipinski definition) is 1. The average Bonchev–Trinajstić information content (AvgIpc) is 3.39. The van der Waals surface area contributed by atoms with E-state index in [4.69, 9.17) is 5.26 Å². The molecule has 2 aromatic carbocycles. The number of nitriles is 1. The zero-order chi connectivity index (χ0) is 15.1. The first-order chi connectivity index (χ1) is 10.8. The van der Waals surface area contributed by atoms with Gasteiger partial charge in [-0.15, -0.1) is 0 Å². The van der Waals surface area contributed by atoms with E-state index < -0.39 is 0 Å². The highest BCUT2D eigenvalue weighted by molar-refractivity contribution is 6.02. The van der Waals surface area contributed by atoms with E-state index in [1.807, 2.05) is 41.3 Å². The molecular formula is C18H15N3O. The summed E-state index contributed by atoms with van der Waals surface area (Å²) in [5.74, 6) is 0.0891. The van der Waals surface area contributed by atoms with Crippen LogP contribution in [0.1, 0.15) is 40.5 Å². The molecule has 2 aliphatic rings. The Balaban J connectivity index is 1.76. The van der Waals surface area contributed by atoms with Crippen LogP contribution in [-0.4, -0.2) is 16.8 Å². The van der Waals surface area contributed by atoms with Gasteiger partial charge in [-0.05, 0) is 42.7 Å². The number of para-hydroxylation sites is 1. The molecule has 1 fully saturated rings. The van der Waals surface area contributed by atoms with Gasteiger partial charge < -0.3 is 10.2 Å². The van der Waals surface area contributed by atoms with Crippen LogP contribution in [-0.2, 0) is 0 Å². The van der Waals surface area contributed by atoms with Gasteiger partial charge in [-0.2, -0.15) is 5.26 Å². The van der Waals surface area contributed by atoms with Crippen LogP contribution in [0.2, 0.25) is 0 Å². The Bertz CT molecular complexity index is 772. The summed E-state index contributed by atoms with van der Waals surface area (Å²) in [6.45, 7) is 0. The molecule has 0 radical (unpaired) electrons. The lowest BCUT2D eigenvalue weighted by Gasteiger charge is -2.38. The first-order valence-corrected chi connectivity index (χ1v) is 7.46. The maximum absolute atomic E-state index is 12.8. The molecule has 1 aliphatic carbocycles. The Morgan fingerprint density at radius 3 is 2.50 bits per heavy atom. The van der Waals surface area contributed by atoms with Crippen LogP contribution < -0.4 is 5.32 Å². The summed E-state index contributed by atoms with van der Waals surface area (Å²) in [6, 6.07) is 17.5. The third kappa shape index (κ3) is 2.03. The Hall–Kier alpha value is -2.80. The zero-order valence-electron chi connectivity index (χ0n) is 12.0. The van der Waals surface area contributed by atoms with Gasteiger partial charge in [0.05, 0.1) is 17.2 Å². The van der Waals surface area contributed by atoms with Gasteiger partial charge in [0, 0.05) is 11.7 Å². The van der Waals surface area contributed by atoms with Crippen LogP contribution >= 0.6 is 0 Å². The molecule has 1 amide bonds. The molecule has 1 heterocycles. The molecule has 4 nitrogen and oxygen atoms in total. The lowest BCUT2D eigenvalue weighted by atomic mass is 10.0. The molecule has 1 N–H and O–H groups in total. The SMILES string of the molecule is N#Cc1ccc([C@H]2Nc3ccccc3C(=O)N2C2CC2)cc1. The largest absolute Gasteiger partial charge is 0.361 e. The highest BCUT2D eigenvalue weighted by Crippen LogP contribution is 2.40. The number of carbonyl (C=O) groups is 1. The van der Waals surface area contributed by atoms with Crippen molar-refractivity contribution in [3.8, 4) is 6.07 Å². The monoisotopic (exact) mass is 289 g/mol. The highest BCUT2D eigenvalue weighted by Gasteiger charge is 2.41. The summed E-state index contributed by atoms with van der Waals surface area (Å²) in [6.07, 6.45) is 1.95. The standard InChI is InChI=1S/C18H15N3O/c19-11-12-5-7-13(8-6-12)17-20-16-4-2-1-3-15(16)18(22)21(17)14-9-10-14/h1-8,14,17,20H,9-10H2/t17-/m0/s1. The molecule has 1 aliphatic heterocycles. The fourth-order valence-corrected chi connectivity index (χ4v) is 2.98. The van der Waals surface area contributed by atoms with E-state index in [0.29, 0.717) is 11.6 Å². The van der Waals surface area contributed by atoms with E-state index in [-0.39, 0.29) is 12.1 Å². The van der Waals surface area contributed by atoms with Crippen LogP contribution in [0.4, 0.5) is 5.69 Å². The number of hydrogen-bond acceptors (Lipinski definition) is 3. The number of fused-ring (bicyclic) bond motifs is 1. The highest BCUT2D eigenvalue weighted by atomic mass is 16.2. The minimum atomic E-state index is -0.164. The van der Waals surface area contributed by atoms with E-state index in [1.165, 1.54) is 0 Å². The maximum Gasteiger partial charge on any atom is 0.258 e. The van der Waals surface area contributed by atoms with Gasteiger partial charge in [-0.1, -0.05) is 24.3 Å². The molecule has 4 rings (SSSR count). The van der Waals surface area contributed by atoms with E-state index >= 15 is 0 Å². The second kappa shape index (κ2) is 4.88. The molecule has 1 saturated carbocycles. The molecular weight excluding hydrogens is 274 g/mol. The molecule has 108 valence electrons. The van der Waals surface area contributed by atoms with Crippen molar-refractivity contribution in [2.45, 2.75) is 25.0 Å². The van der Waals surface area contributed by atoms with Crippen LogP contribution in [0.5, 0.6) is 0 Å². The van der Waals surface area contributed by atoms with Gasteiger partial charge in [0.2, 0.25) is 0 Å². The van der Waals surface area contributed by atoms with Crippen molar-refractivity contribution >= 4 is 11.6 Å². The van der Waals surface area contributed by atoms with E-state index in [1.54, 1.807) is 12.1 Å². The Labute approximate surface area is 129 Å². The first-order valence-electron chi connectivity index (χ1n) is 7.46. The van der Waals surface area contributed by atoms with Crippen LogP contribution in [0.25, 0.3) is 0 Å². The third-order valence-electron chi connectivity index (χ3n) is 4.26. The Morgan fingerprint density at radius 2 is 1.82 bits per heavy atom. The number of anilines is 1. The minimum Gasteiger partial charge on any atom is -0.361 e. The number of benzene rings is 2. The van der Waals surface area contributed by atoms with Gasteiger partial charge in [-0.25, -0.2) is 0 Å². The van der Waals surface area contributed by atoms with Crippen LogP contribution in [0, 0.1) is 11.3 Å². The molecule has 0 bridgehead atoms. The van der Waals surface area contributed by atoms with Crippen molar-refractivity contribution in [3.05, 3.63) is 65.2 Å². The molecule has 0 aromatic heterocycles. The molecule has 1 atom stereocenters. The molecule has 4 heteroatoms. The van der Waals surface area contributed by atoms with Crippen molar-refractivity contribution < 1.29 is 4.79 Å². The lowest BCUT2D eigenvalue weighted by molar-refractivity contribution is 0.0666. The number of nitrogens with zero attached hydrogens (tertiary/aromatic N) is 2. The molecule has 22 heavy (non-hydrogen) atoms. The summed E-state index contributed by atoms with van der Waals surface area (Å²) in [5, 5.41) is 12.4. The second-order valence-electron chi connectivity index (χ2n) is 5.77. The quantitative estimate of drug-likeness (QED) is 0.923. The van der Waals surface area contributed by atoms with E-state index in [9.17, 15) is 4.79 Å². The summed E-state index contributed by atoms with van der Waals surface area (Å²) >= 11 is 0. The summed E-state index contributed by atoms with van der Waals surface area (Å²) in [5.41, 5.74) is 3.25. The number of carbonyl (C=O) groups excluding carboxylic acids is 1. The fraction of sp³-hybridized carbons (Fsp3) is 0.222. The Morgan fingerprint density at radius 1 is 1.09 bits per heavy atom. The van der Waals surface area contributed by atoms with Crippen molar-refractivity contribution in [2.24, 2.45) is 0 Å². The molecule has 0 spiro atoms. The van der Waals surface area contributed by atoms with Gasteiger partial charge in [0.25, 0.3) is 5.91 Å². The number of nitrogens with one attached hydrogen (secondary N) is 1. The van der Waals surface area contributed by atoms with Gasteiger partial charge >= 0.3 is 0 Å². The predicted octanol–water partition coefficient (Wildman–Crippen LogP) is 3.29. The van der Waals surface area contributed by atoms with Gasteiger partial charge in [0.15, 0.2) is 0 Å². The zero-order valence-corrected chi connectivity index (χ0v) is 12.0. The normalized spacial score (nSPS) is 20.0. The topological polar surface area (TPSA) is 56.1 Å². The van der Waals surface area contributed by atoms with Crippen molar-refractivity contribution in [2.75, 3.05) is 5.32 Å². The average molecular weight is 289 g/mol. The third-order valence-corrected chi connectivity index (χ3v) is 4.26. The van der Waals surface area contributed by atoms with E-state index in [0.717, 1.165) is 29.7 Å². The molecule has 0 unspecified atom stereocenters. The van der Waals surface area contributed by atoms with Crippen LogP contribution in [0.3, 0.4) is 0 Å². The maximum atomic E-state index is 12.8. The second-order valence-corrected chi connectivity index (χ2v) is 5.77. The van der Waals surface area contributed by atoms with Gasteiger partial charge in [-0.3, -0.25) is 4.79 Å². The first kappa shape index (κ1) is 12.9.